The van der Waals surface area contributed by atoms with Crippen LogP contribution in [0.15, 0.2) is 36.8 Å². The van der Waals surface area contributed by atoms with E-state index in [0.717, 1.165) is 26.1 Å². The van der Waals surface area contributed by atoms with Crippen molar-refractivity contribution in [1.29, 1.82) is 0 Å². The maximum absolute atomic E-state index is 12.5. The van der Waals surface area contributed by atoms with Gasteiger partial charge < -0.3 is 19.1 Å². The van der Waals surface area contributed by atoms with Gasteiger partial charge in [-0.25, -0.2) is 14.8 Å². The van der Waals surface area contributed by atoms with Crippen molar-refractivity contribution in [1.82, 2.24) is 19.4 Å². The van der Waals surface area contributed by atoms with Gasteiger partial charge in [0.15, 0.2) is 5.65 Å². The van der Waals surface area contributed by atoms with Crippen molar-refractivity contribution in [2.45, 2.75) is 39.3 Å². The zero-order chi connectivity index (χ0) is 22.3. The Kier molecular flexibility index (Phi) is 6.04. The van der Waals surface area contributed by atoms with E-state index in [1.54, 1.807) is 11.2 Å². The van der Waals surface area contributed by atoms with E-state index in [1.165, 1.54) is 0 Å². The van der Waals surface area contributed by atoms with Crippen LogP contribution in [0.25, 0.3) is 16.7 Å². The zero-order valence-electron chi connectivity index (χ0n) is 18.0. The first-order valence-corrected chi connectivity index (χ1v) is 11.6. The molecule has 1 aliphatic heterocycles. The molecule has 1 saturated heterocycles. The second-order valence-corrected chi connectivity index (χ2v) is 10.3. The Bertz CT molecular complexity index is 1130. The molecule has 0 bridgehead atoms. The number of carbonyl (C=O) groups excluding carboxylic acids is 1. The number of carbonyl (C=O) groups is 1. The van der Waals surface area contributed by atoms with Crippen molar-refractivity contribution in [3.63, 3.8) is 0 Å². The van der Waals surface area contributed by atoms with E-state index in [0.29, 0.717) is 24.7 Å². The Morgan fingerprint density at radius 3 is 2.71 bits per heavy atom. The van der Waals surface area contributed by atoms with E-state index in [4.69, 9.17) is 16.3 Å². The van der Waals surface area contributed by atoms with Gasteiger partial charge in [0, 0.05) is 46.2 Å². The summed E-state index contributed by atoms with van der Waals surface area (Å²) in [6.07, 6.45) is 3.38. The smallest absolute Gasteiger partial charge is 0.410 e. The first-order chi connectivity index (χ1) is 14.6. The van der Waals surface area contributed by atoms with Crippen LogP contribution in [0.2, 0.25) is 5.02 Å². The highest BCUT2D eigenvalue weighted by molar-refractivity contribution is 14.1. The molecule has 164 valence electrons. The van der Waals surface area contributed by atoms with Crippen molar-refractivity contribution in [2.75, 3.05) is 24.5 Å². The number of nitrogens with zero attached hydrogens (tertiary/aromatic N) is 5. The number of piperazine rings is 1. The lowest BCUT2D eigenvalue weighted by Gasteiger charge is -2.41. The second kappa shape index (κ2) is 8.46. The summed E-state index contributed by atoms with van der Waals surface area (Å²) in [7, 11) is 0. The molecule has 4 rings (SSSR count). The lowest BCUT2D eigenvalue weighted by Crippen LogP contribution is -2.54. The molecule has 31 heavy (non-hydrogen) atoms. The predicted octanol–water partition coefficient (Wildman–Crippen LogP) is 5.12. The number of ether oxygens (including phenoxy) is 1. The van der Waals surface area contributed by atoms with Gasteiger partial charge in [0.05, 0.1) is 5.39 Å². The Hall–Kier alpha value is -2.07. The van der Waals surface area contributed by atoms with Gasteiger partial charge in [0.2, 0.25) is 0 Å². The van der Waals surface area contributed by atoms with E-state index < -0.39 is 5.60 Å². The number of rotatable bonds is 2. The Balaban J connectivity index is 1.64. The van der Waals surface area contributed by atoms with Crippen LogP contribution in [-0.2, 0) is 4.74 Å². The molecule has 0 saturated carbocycles. The van der Waals surface area contributed by atoms with Gasteiger partial charge >= 0.3 is 6.09 Å². The maximum Gasteiger partial charge on any atom is 0.410 e. The largest absolute Gasteiger partial charge is 0.444 e. The third kappa shape index (κ3) is 4.59. The van der Waals surface area contributed by atoms with E-state index >= 15 is 0 Å². The van der Waals surface area contributed by atoms with Crippen LogP contribution in [-0.4, -0.2) is 56.8 Å². The number of halogens is 2. The normalized spacial score (nSPS) is 17.3. The molecule has 0 unspecified atom stereocenters. The van der Waals surface area contributed by atoms with Crippen molar-refractivity contribution in [2.24, 2.45) is 0 Å². The van der Waals surface area contributed by atoms with Crippen LogP contribution in [0.3, 0.4) is 0 Å². The molecular weight excluding hydrogens is 529 g/mol. The summed E-state index contributed by atoms with van der Waals surface area (Å²) in [5.41, 5.74) is 1.28. The molecule has 3 heterocycles. The summed E-state index contributed by atoms with van der Waals surface area (Å²) in [5.74, 6) is 0.881. The second-order valence-electron chi connectivity index (χ2n) is 8.69. The van der Waals surface area contributed by atoms with Gasteiger partial charge in [-0.3, -0.25) is 0 Å². The summed E-state index contributed by atoms with van der Waals surface area (Å²) in [6.45, 7) is 9.58. The maximum atomic E-state index is 12.5. The van der Waals surface area contributed by atoms with Crippen molar-refractivity contribution in [3.8, 4) is 5.69 Å². The summed E-state index contributed by atoms with van der Waals surface area (Å²) in [4.78, 5) is 25.7. The molecule has 0 spiro atoms. The Labute approximate surface area is 200 Å². The zero-order valence-corrected chi connectivity index (χ0v) is 20.9. The van der Waals surface area contributed by atoms with Crippen molar-refractivity contribution in [3.05, 3.63) is 45.4 Å². The van der Waals surface area contributed by atoms with Crippen LogP contribution < -0.4 is 4.90 Å². The highest BCUT2D eigenvalue weighted by Crippen LogP contribution is 2.33. The lowest BCUT2D eigenvalue weighted by molar-refractivity contribution is 0.0218. The van der Waals surface area contributed by atoms with Gasteiger partial charge in [-0.1, -0.05) is 17.7 Å². The van der Waals surface area contributed by atoms with Gasteiger partial charge in [-0.2, -0.15) is 0 Å². The lowest BCUT2D eigenvalue weighted by atomic mass is 10.1. The van der Waals surface area contributed by atoms with Crippen LogP contribution in [0, 0.1) is 3.57 Å². The fourth-order valence-electron chi connectivity index (χ4n) is 3.81. The Morgan fingerprint density at radius 1 is 1.26 bits per heavy atom. The molecule has 0 aliphatic carbocycles. The molecule has 1 amide bonds. The molecule has 2 aromatic heterocycles. The summed E-state index contributed by atoms with van der Waals surface area (Å²) in [5, 5.41) is 1.68. The van der Waals surface area contributed by atoms with Gasteiger partial charge in [0.25, 0.3) is 0 Å². The van der Waals surface area contributed by atoms with E-state index in [1.807, 2.05) is 49.6 Å². The number of hydrogen-bond donors (Lipinski definition) is 0. The molecule has 0 N–H and O–H groups in total. The third-order valence-corrected chi connectivity index (χ3v) is 6.21. The number of anilines is 1. The summed E-state index contributed by atoms with van der Waals surface area (Å²) in [6, 6.07) is 7.79. The average Bonchev–Trinajstić information content (AvgIpc) is 3.04. The third-order valence-electron chi connectivity index (χ3n) is 5.15. The first kappa shape index (κ1) is 22.1. The van der Waals surface area contributed by atoms with E-state index in [2.05, 4.69) is 50.6 Å². The van der Waals surface area contributed by atoms with Crippen LogP contribution in [0.5, 0.6) is 0 Å². The molecule has 0 radical (unpaired) electrons. The molecule has 1 fully saturated rings. The van der Waals surface area contributed by atoms with Gasteiger partial charge in [-0.15, -0.1) is 0 Å². The minimum atomic E-state index is -0.504. The Morgan fingerprint density at radius 2 is 2.03 bits per heavy atom. The monoisotopic (exact) mass is 553 g/mol. The number of hydrogen-bond acceptors (Lipinski definition) is 5. The first-order valence-electron chi connectivity index (χ1n) is 10.2. The average molecular weight is 554 g/mol. The minimum absolute atomic E-state index is 0.0877. The molecule has 1 aliphatic rings. The standard InChI is InChI=1S/C22H25ClIN5O2/c1-14-11-27(21(30)31-22(2,3)4)8-9-28(14)19-18-17(24)12-29(20(18)26-13-25-19)16-7-5-6-15(23)10-16/h5-7,10,12-14H,8-9,11H2,1-4H3/t14-/m0/s1. The molecular formula is C22H25ClIN5O2. The minimum Gasteiger partial charge on any atom is -0.444 e. The van der Waals surface area contributed by atoms with E-state index in [9.17, 15) is 4.79 Å². The fraction of sp³-hybridized carbons (Fsp3) is 0.409. The molecule has 1 atom stereocenters. The van der Waals surface area contributed by atoms with Crippen LogP contribution in [0.4, 0.5) is 10.6 Å². The van der Waals surface area contributed by atoms with Crippen LogP contribution >= 0.6 is 34.2 Å². The van der Waals surface area contributed by atoms with Crippen molar-refractivity contribution >= 4 is 57.1 Å². The number of amides is 1. The highest BCUT2D eigenvalue weighted by atomic mass is 127. The van der Waals surface area contributed by atoms with Gasteiger partial charge in [0.1, 0.15) is 17.7 Å². The SMILES string of the molecule is C[C@H]1CN(C(=O)OC(C)(C)C)CCN1c1ncnc2c1c(I)cn2-c1cccc(Cl)c1. The highest BCUT2D eigenvalue weighted by Gasteiger charge is 2.32. The molecule has 1 aromatic carbocycles. The quantitative estimate of drug-likeness (QED) is 0.412. The fourth-order valence-corrected chi connectivity index (χ4v) is 4.75. The number of fused-ring (bicyclic) bond motifs is 1. The van der Waals surface area contributed by atoms with Crippen LogP contribution in [0.1, 0.15) is 27.7 Å². The molecule has 3 aromatic rings. The molecule has 7 nitrogen and oxygen atoms in total. The number of aromatic nitrogens is 3. The summed E-state index contributed by atoms with van der Waals surface area (Å²) >= 11 is 8.53. The molecule has 9 heteroatoms. The summed E-state index contributed by atoms with van der Waals surface area (Å²) < 4.78 is 8.64. The van der Waals surface area contributed by atoms with Crippen molar-refractivity contribution < 1.29 is 9.53 Å². The number of benzene rings is 1. The van der Waals surface area contributed by atoms with E-state index in [-0.39, 0.29) is 12.1 Å². The topological polar surface area (TPSA) is 63.5 Å². The predicted molar refractivity (Wildman–Crippen MR) is 131 cm³/mol. The van der Waals surface area contributed by atoms with Gasteiger partial charge in [-0.05, 0) is 68.5 Å².